The van der Waals surface area contributed by atoms with Crippen molar-refractivity contribution in [2.45, 2.75) is 265 Å². The summed E-state index contributed by atoms with van der Waals surface area (Å²) in [5.41, 5.74) is 1.39. The molecule has 0 aliphatic heterocycles. The maximum Gasteiger partial charge on any atom is 0.305 e. The normalized spacial score (nSPS) is 11.4. The second kappa shape index (κ2) is 49.3. The van der Waals surface area contributed by atoms with Gasteiger partial charge in [0.05, 0.1) is 6.61 Å². The third-order valence-corrected chi connectivity index (χ3v) is 12.7. The van der Waals surface area contributed by atoms with Crippen molar-refractivity contribution in [2.24, 2.45) is 11.8 Å². The summed E-state index contributed by atoms with van der Waals surface area (Å²) < 4.78 is 10.8. The molecule has 358 valence electrons. The number of carbonyl (C=O) groups is 2. The third kappa shape index (κ3) is 43.3. The Kier molecular flexibility index (Phi) is 47.9. The molecule has 0 saturated heterocycles. The van der Waals surface area contributed by atoms with Gasteiger partial charge in [0.1, 0.15) is 6.29 Å². The predicted molar refractivity (Wildman–Crippen MR) is 267 cm³/mol. The summed E-state index contributed by atoms with van der Waals surface area (Å²) in [7, 11) is 1.82. The minimum absolute atomic E-state index is 0.00244. The Morgan fingerprint density at radius 2 is 0.918 bits per heavy atom. The fourth-order valence-electron chi connectivity index (χ4n) is 8.79. The van der Waals surface area contributed by atoms with Gasteiger partial charge in [-0.1, -0.05) is 225 Å². The minimum atomic E-state index is 0.00244. The first-order chi connectivity index (χ1) is 30.0. The maximum atomic E-state index is 12.3. The van der Waals surface area contributed by atoms with Crippen molar-refractivity contribution in [3.63, 3.8) is 0 Å². The number of esters is 1. The zero-order chi connectivity index (χ0) is 44.5. The summed E-state index contributed by atoms with van der Waals surface area (Å²) in [6.45, 7) is 14.0. The van der Waals surface area contributed by atoms with E-state index in [0.29, 0.717) is 19.4 Å². The van der Waals surface area contributed by atoms with E-state index in [-0.39, 0.29) is 5.97 Å². The maximum absolute atomic E-state index is 12.3. The number of hydrogen-bond donors (Lipinski definition) is 0. The van der Waals surface area contributed by atoms with E-state index >= 15 is 0 Å². The highest BCUT2D eigenvalue weighted by molar-refractivity contribution is 5.69. The SMILES string of the molecule is CCCCCCC(CCCCCC)CCCOC.CCCCCCC(CCCCCC)CCCOC(=O)CCCCCCCN(CCCCCCCC=O)Cc1ccccc1. The van der Waals surface area contributed by atoms with Crippen molar-refractivity contribution in [1.82, 2.24) is 4.90 Å². The molecule has 0 bridgehead atoms. The minimum Gasteiger partial charge on any atom is -0.466 e. The molecule has 0 amide bonds. The highest BCUT2D eigenvalue weighted by atomic mass is 16.5. The first kappa shape index (κ1) is 59.3. The van der Waals surface area contributed by atoms with Crippen molar-refractivity contribution in [2.75, 3.05) is 33.4 Å². The molecular formula is C56H105NO4. The lowest BCUT2D eigenvalue weighted by Crippen LogP contribution is -2.25. The highest BCUT2D eigenvalue weighted by Crippen LogP contribution is 2.24. The van der Waals surface area contributed by atoms with Gasteiger partial charge in [0.15, 0.2) is 0 Å². The number of carbonyl (C=O) groups excluding carboxylic acids is 2. The molecule has 0 aromatic heterocycles. The quantitative estimate of drug-likeness (QED) is 0.0371. The Morgan fingerprint density at radius 3 is 1.38 bits per heavy atom. The van der Waals surface area contributed by atoms with E-state index in [1.807, 2.05) is 7.11 Å². The van der Waals surface area contributed by atoms with E-state index in [9.17, 15) is 9.59 Å². The molecule has 5 heteroatoms. The summed E-state index contributed by atoms with van der Waals surface area (Å²) in [6.07, 6.45) is 46.5. The van der Waals surface area contributed by atoms with Gasteiger partial charge in [-0.3, -0.25) is 9.69 Å². The second-order valence-corrected chi connectivity index (χ2v) is 18.6. The van der Waals surface area contributed by atoms with Gasteiger partial charge >= 0.3 is 5.97 Å². The fraction of sp³-hybridized carbons (Fsp3) is 0.857. The first-order valence-corrected chi connectivity index (χ1v) is 26.9. The molecule has 0 atom stereocenters. The van der Waals surface area contributed by atoms with Crippen LogP contribution in [0.5, 0.6) is 0 Å². The van der Waals surface area contributed by atoms with Gasteiger partial charge < -0.3 is 14.3 Å². The van der Waals surface area contributed by atoms with Gasteiger partial charge in [0, 0.05) is 33.1 Å². The number of rotatable bonds is 46. The van der Waals surface area contributed by atoms with Crippen LogP contribution in [-0.4, -0.2) is 50.6 Å². The molecule has 0 N–H and O–H groups in total. The van der Waals surface area contributed by atoms with Crippen LogP contribution >= 0.6 is 0 Å². The molecule has 0 heterocycles. The molecule has 0 aliphatic rings. The zero-order valence-corrected chi connectivity index (χ0v) is 41.7. The number of unbranched alkanes of at least 4 members (excludes halogenated alkanes) is 21. The molecule has 1 aromatic rings. The van der Waals surface area contributed by atoms with Crippen LogP contribution in [0.1, 0.15) is 264 Å². The van der Waals surface area contributed by atoms with Gasteiger partial charge in [-0.25, -0.2) is 0 Å². The zero-order valence-electron chi connectivity index (χ0n) is 41.7. The van der Waals surface area contributed by atoms with Crippen molar-refractivity contribution in [1.29, 1.82) is 0 Å². The van der Waals surface area contributed by atoms with Gasteiger partial charge in [-0.05, 0) is 81.9 Å². The van der Waals surface area contributed by atoms with Gasteiger partial charge in [0.2, 0.25) is 0 Å². The van der Waals surface area contributed by atoms with Gasteiger partial charge in [-0.15, -0.1) is 0 Å². The van der Waals surface area contributed by atoms with Crippen LogP contribution < -0.4 is 0 Å². The standard InChI is InChI=1S/C39H69NO3.C17H36O/c1-3-5-7-17-26-37(27-18-8-6-4-2)30-25-35-43-39(42)31-21-12-11-14-23-33-40(36-38-28-19-16-20-29-38)32-22-13-9-10-15-24-34-41;1-4-6-8-10-13-17(15-12-16-18-3)14-11-9-7-5-2/h16,19-20,28-29,34,37H,3-15,17-18,21-27,30-33,35-36H2,1-2H3;17H,4-16H2,1-3H3. The Morgan fingerprint density at radius 1 is 0.508 bits per heavy atom. The van der Waals surface area contributed by atoms with Crippen LogP contribution in [0, 0.1) is 11.8 Å². The molecule has 0 radical (unpaired) electrons. The molecule has 0 fully saturated rings. The average molecular weight is 856 g/mol. The lowest BCUT2D eigenvalue weighted by Gasteiger charge is -2.22. The van der Waals surface area contributed by atoms with Gasteiger partial charge in [0.25, 0.3) is 0 Å². The monoisotopic (exact) mass is 856 g/mol. The summed E-state index contributed by atoms with van der Waals surface area (Å²) in [6, 6.07) is 10.8. The van der Waals surface area contributed by atoms with E-state index in [0.717, 1.165) is 70.0 Å². The van der Waals surface area contributed by atoms with Crippen LogP contribution in [0.25, 0.3) is 0 Å². The van der Waals surface area contributed by atoms with Crippen molar-refractivity contribution in [3.05, 3.63) is 35.9 Å². The van der Waals surface area contributed by atoms with Crippen molar-refractivity contribution < 1.29 is 19.1 Å². The Balaban J connectivity index is 0.00000167. The van der Waals surface area contributed by atoms with E-state index in [1.54, 1.807) is 0 Å². The first-order valence-electron chi connectivity index (χ1n) is 26.9. The molecule has 0 spiro atoms. The van der Waals surface area contributed by atoms with Crippen LogP contribution in [-0.2, 0) is 25.6 Å². The molecule has 0 unspecified atom stereocenters. The van der Waals surface area contributed by atoms with Crippen LogP contribution in [0.15, 0.2) is 30.3 Å². The largest absolute Gasteiger partial charge is 0.466 e. The molecular weight excluding hydrogens is 751 g/mol. The van der Waals surface area contributed by atoms with Crippen LogP contribution in [0.2, 0.25) is 0 Å². The number of ether oxygens (including phenoxy) is 2. The molecule has 1 aromatic carbocycles. The van der Waals surface area contributed by atoms with E-state index in [1.165, 1.54) is 198 Å². The van der Waals surface area contributed by atoms with Crippen molar-refractivity contribution >= 4 is 12.3 Å². The Bertz CT molecular complexity index is 978. The topological polar surface area (TPSA) is 55.8 Å². The molecule has 5 nitrogen and oxygen atoms in total. The molecule has 0 aliphatic carbocycles. The third-order valence-electron chi connectivity index (χ3n) is 12.7. The lowest BCUT2D eigenvalue weighted by atomic mass is 9.91. The molecule has 1 rings (SSSR count). The molecule has 61 heavy (non-hydrogen) atoms. The summed E-state index contributed by atoms with van der Waals surface area (Å²) in [5, 5.41) is 0. The average Bonchev–Trinajstić information content (AvgIpc) is 3.27. The number of benzene rings is 1. The smallest absolute Gasteiger partial charge is 0.305 e. The lowest BCUT2D eigenvalue weighted by molar-refractivity contribution is -0.144. The van der Waals surface area contributed by atoms with Crippen LogP contribution in [0.4, 0.5) is 0 Å². The summed E-state index contributed by atoms with van der Waals surface area (Å²) in [4.78, 5) is 25.4. The summed E-state index contributed by atoms with van der Waals surface area (Å²) in [5.74, 6) is 1.78. The van der Waals surface area contributed by atoms with E-state index < -0.39 is 0 Å². The number of aldehydes is 1. The number of methoxy groups -OCH3 is 1. The molecule has 0 saturated carbocycles. The second-order valence-electron chi connectivity index (χ2n) is 18.6. The Labute approximate surface area is 381 Å². The van der Waals surface area contributed by atoms with E-state index in [2.05, 4.69) is 62.9 Å². The highest BCUT2D eigenvalue weighted by Gasteiger charge is 2.11. The number of nitrogens with zero attached hydrogens (tertiary/aromatic N) is 1. The van der Waals surface area contributed by atoms with E-state index in [4.69, 9.17) is 9.47 Å². The predicted octanol–water partition coefficient (Wildman–Crippen LogP) is 17.2. The Hall–Kier alpha value is -1.72. The van der Waals surface area contributed by atoms with Gasteiger partial charge in [-0.2, -0.15) is 0 Å². The summed E-state index contributed by atoms with van der Waals surface area (Å²) >= 11 is 0. The van der Waals surface area contributed by atoms with Crippen LogP contribution in [0.3, 0.4) is 0 Å². The van der Waals surface area contributed by atoms with Crippen molar-refractivity contribution in [3.8, 4) is 0 Å². The fourth-order valence-corrected chi connectivity index (χ4v) is 8.79. The number of hydrogen-bond acceptors (Lipinski definition) is 5.